The molecule has 4 saturated carbocycles. The van der Waals surface area contributed by atoms with Crippen LogP contribution in [-0.2, 0) is 14.3 Å². The van der Waals surface area contributed by atoms with Gasteiger partial charge in [-0.25, -0.2) is 9.59 Å². The van der Waals surface area contributed by atoms with Gasteiger partial charge in [0.1, 0.15) is 6.61 Å². The van der Waals surface area contributed by atoms with Gasteiger partial charge < -0.3 is 14.8 Å². The Labute approximate surface area is 260 Å². The number of esters is 1. The summed E-state index contributed by atoms with van der Waals surface area (Å²) in [5.41, 5.74) is 0.341. The fourth-order valence-corrected chi connectivity index (χ4v) is 9.52. The molecule has 10 atom stereocenters. The molecule has 5 fully saturated rings. The third-order valence-electron chi connectivity index (χ3n) is 11.6. The molecule has 1 saturated heterocycles. The van der Waals surface area contributed by atoms with Gasteiger partial charge in [0.05, 0.1) is 13.2 Å². The van der Waals surface area contributed by atoms with Gasteiger partial charge in [-0.05, 0) is 99.7 Å². The molecule has 0 aromatic carbocycles. The van der Waals surface area contributed by atoms with Crippen LogP contribution in [0, 0.1) is 47.3 Å². The second kappa shape index (κ2) is 15.1. The first-order chi connectivity index (χ1) is 20.9. The highest BCUT2D eigenvalue weighted by Gasteiger charge is 2.50. The van der Waals surface area contributed by atoms with Crippen molar-refractivity contribution in [3.63, 3.8) is 0 Å². The molecule has 0 aromatic rings. The first-order valence-electron chi connectivity index (χ1n) is 17.3. The van der Waals surface area contributed by atoms with E-state index in [1.165, 1.54) is 70.8 Å². The number of alkyl carbamates (subject to hydrolysis) is 1. The summed E-state index contributed by atoms with van der Waals surface area (Å²) in [7, 11) is 0. The number of fused-ring (bicyclic) bond motifs is 3. The lowest BCUT2D eigenvalue weighted by atomic mass is 9.73. The van der Waals surface area contributed by atoms with Crippen LogP contribution in [0.25, 0.3) is 0 Å². The lowest BCUT2D eigenvalue weighted by Crippen LogP contribution is -2.43. The Hall–Kier alpha value is -2.34. The van der Waals surface area contributed by atoms with E-state index in [4.69, 9.17) is 9.47 Å². The number of hydrogen-bond acceptors (Lipinski definition) is 5. The Morgan fingerprint density at radius 1 is 0.814 bits per heavy atom. The molecule has 1 heterocycles. The monoisotopic (exact) mass is 592 g/mol. The van der Waals surface area contributed by atoms with E-state index < -0.39 is 12.1 Å². The van der Waals surface area contributed by atoms with Crippen LogP contribution in [-0.4, -0.2) is 55.3 Å². The molecule has 1 amide bonds. The molecule has 4 aliphatic carbocycles. The fourth-order valence-electron chi connectivity index (χ4n) is 9.52. The van der Waals surface area contributed by atoms with Crippen molar-refractivity contribution in [3.8, 4) is 0 Å². The Kier molecular flexibility index (Phi) is 11.3. The van der Waals surface area contributed by atoms with Crippen molar-refractivity contribution in [3.05, 3.63) is 49.6 Å². The summed E-state index contributed by atoms with van der Waals surface area (Å²) in [6.45, 7) is 15.4. The van der Waals surface area contributed by atoms with E-state index in [9.17, 15) is 9.59 Å². The number of rotatable bonds is 12. The largest absolute Gasteiger partial charge is 0.460 e. The minimum atomic E-state index is -0.472. The van der Waals surface area contributed by atoms with Gasteiger partial charge in [-0.1, -0.05) is 56.6 Å². The molecule has 5 aliphatic rings. The topological polar surface area (TPSA) is 67.9 Å². The highest BCUT2D eigenvalue weighted by Crippen LogP contribution is 2.51. The number of nitrogens with zero attached hydrogens (tertiary/aromatic N) is 1. The molecule has 5 rings (SSSR count). The number of carbonyl (C=O) groups excluding carboxylic acids is 2. The van der Waals surface area contributed by atoms with Crippen LogP contribution in [0.1, 0.15) is 84.0 Å². The highest BCUT2D eigenvalue weighted by atomic mass is 16.6. The molecule has 6 heteroatoms. The zero-order valence-corrected chi connectivity index (χ0v) is 26.6. The van der Waals surface area contributed by atoms with Crippen molar-refractivity contribution >= 4 is 12.1 Å². The van der Waals surface area contributed by atoms with Crippen molar-refractivity contribution < 1.29 is 19.1 Å². The van der Waals surface area contributed by atoms with Gasteiger partial charge in [0.25, 0.3) is 0 Å². The average molecular weight is 593 g/mol. The van der Waals surface area contributed by atoms with Gasteiger partial charge >= 0.3 is 12.1 Å². The molecule has 0 bridgehead atoms. The van der Waals surface area contributed by atoms with E-state index in [1.54, 1.807) is 6.92 Å². The molecule has 0 radical (unpaired) electrons. The Balaban J connectivity index is 1.13. The van der Waals surface area contributed by atoms with Gasteiger partial charge in [-0.3, -0.25) is 4.90 Å². The molecule has 6 nitrogen and oxygen atoms in total. The van der Waals surface area contributed by atoms with Gasteiger partial charge in [0.15, 0.2) is 0 Å². The van der Waals surface area contributed by atoms with Crippen molar-refractivity contribution in [1.82, 2.24) is 10.2 Å². The number of carbonyl (C=O) groups is 2. The summed E-state index contributed by atoms with van der Waals surface area (Å²) in [4.78, 5) is 26.7. The Bertz CT molecular complexity index is 1020. The van der Waals surface area contributed by atoms with E-state index in [1.807, 2.05) is 6.08 Å². The van der Waals surface area contributed by atoms with Crippen LogP contribution in [0.2, 0.25) is 0 Å². The van der Waals surface area contributed by atoms with Crippen LogP contribution >= 0.6 is 0 Å². The van der Waals surface area contributed by atoms with Crippen LogP contribution < -0.4 is 5.32 Å². The second-order valence-corrected chi connectivity index (χ2v) is 14.3. The summed E-state index contributed by atoms with van der Waals surface area (Å²) < 4.78 is 10.6. The number of allylic oxidation sites excluding steroid dienone is 4. The lowest BCUT2D eigenvalue weighted by Gasteiger charge is -2.37. The smallest absolute Gasteiger partial charge is 0.407 e. The molecule has 0 spiro atoms. The van der Waals surface area contributed by atoms with Crippen molar-refractivity contribution in [1.29, 1.82) is 0 Å². The highest BCUT2D eigenvalue weighted by molar-refractivity contribution is 5.86. The predicted molar refractivity (Wildman–Crippen MR) is 172 cm³/mol. The van der Waals surface area contributed by atoms with Gasteiger partial charge in [0.2, 0.25) is 0 Å². The zero-order valence-electron chi connectivity index (χ0n) is 26.6. The maximum atomic E-state index is 12.2. The van der Waals surface area contributed by atoms with E-state index >= 15 is 0 Å². The maximum absolute atomic E-state index is 12.2. The van der Waals surface area contributed by atoms with E-state index in [0.717, 1.165) is 42.7 Å². The van der Waals surface area contributed by atoms with Crippen LogP contribution in [0.15, 0.2) is 49.6 Å². The molecule has 0 aromatic heterocycles. The first kappa shape index (κ1) is 32.1. The minimum Gasteiger partial charge on any atom is -0.460 e. The molecule has 10 unspecified atom stereocenters. The minimum absolute atomic E-state index is 0.0987. The number of hydrogen-bond donors (Lipinski definition) is 1. The maximum Gasteiger partial charge on any atom is 0.407 e. The quantitative estimate of drug-likeness (QED) is 0.110. The fraction of sp³-hybridized carbons (Fsp3) is 0.730. The number of ether oxygens (including phenoxy) is 2. The van der Waals surface area contributed by atoms with Crippen LogP contribution in [0.4, 0.5) is 4.79 Å². The first-order valence-corrected chi connectivity index (χ1v) is 17.3. The van der Waals surface area contributed by atoms with Gasteiger partial charge in [-0.15, -0.1) is 13.2 Å². The summed E-state index contributed by atoms with van der Waals surface area (Å²) in [6, 6.07) is 1.67. The molecule has 238 valence electrons. The number of amides is 1. The van der Waals surface area contributed by atoms with Gasteiger partial charge in [-0.2, -0.15) is 0 Å². The Morgan fingerprint density at radius 2 is 1.47 bits per heavy atom. The summed E-state index contributed by atoms with van der Waals surface area (Å²) >= 11 is 0. The van der Waals surface area contributed by atoms with Crippen LogP contribution in [0.3, 0.4) is 0 Å². The zero-order chi connectivity index (χ0) is 30.3. The summed E-state index contributed by atoms with van der Waals surface area (Å²) in [5.74, 6) is 4.53. The molecule has 43 heavy (non-hydrogen) atoms. The SMILES string of the molecule is C=CC1CC(/C=C\C2CC(C=C)C(COC(=O)NCCOC(=O)C(=C)C)C2)C(CN2C3CCCCC3C3CCCCC32)C1. The average Bonchev–Trinajstić information content (AvgIpc) is 3.71. The molecular weight excluding hydrogens is 536 g/mol. The molecule has 1 N–H and O–H groups in total. The van der Waals surface area contributed by atoms with Crippen LogP contribution in [0.5, 0.6) is 0 Å². The van der Waals surface area contributed by atoms with Gasteiger partial charge in [0, 0.05) is 30.1 Å². The van der Waals surface area contributed by atoms with E-state index in [0.29, 0.717) is 35.9 Å². The molecular formula is C37H56N2O4. The number of likely N-dealkylation sites (tertiary alicyclic amines) is 1. The second-order valence-electron chi connectivity index (χ2n) is 14.3. The third-order valence-corrected chi connectivity index (χ3v) is 11.6. The third kappa shape index (κ3) is 7.85. The summed E-state index contributed by atoms with van der Waals surface area (Å²) in [6.07, 6.45) is 24.9. The normalized spacial score (nSPS) is 37.4. The number of nitrogens with one attached hydrogen (secondary N) is 1. The lowest BCUT2D eigenvalue weighted by molar-refractivity contribution is -0.138. The van der Waals surface area contributed by atoms with Crippen molar-refractivity contribution in [2.75, 3.05) is 26.3 Å². The molecule has 1 aliphatic heterocycles. The van der Waals surface area contributed by atoms with E-state index in [-0.39, 0.29) is 19.1 Å². The Morgan fingerprint density at radius 3 is 2.12 bits per heavy atom. The summed E-state index contributed by atoms with van der Waals surface area (Å²) in [5, 5.41) is 2.67. The van der Waals surface area contributed by atoms with E-state index in [2.05, 4.69) is 48.2 Å². The standard InChI is InChI=1S/C37H56N2O4/c1-5-26-19-29(30(20-26)23-39-34-13-9-7-11-32(34)33-12-8-10-14-35(33)39)16-15-27-21-28(6-2)31(22-27)24-43-37(41)38-17-18-42-36(40)25(3)4/h5-6,15-16,26-35H,1-3,7-14,17-24H2,4H3,(H,38,41)/b16-15-. The van der Waals surface area contributed by atoms with Crippen molar-refractivity contribution in [2.45, 2.75) is 96.1 Å². The van der Waals surface area contributed by atoms with Crippen molar-refractivity contribution in [2.24, 2.45) is 47.3 Å². The predicted octanol–water partition coefficient (Wildman–Crippen LogP) is 7.48.